The number of nitrogens with zero attached hydrogens (tertiary/aromatic N) is 1. The van der Waals surface area contributed by atoms with E-state index in [0.29, 0.717) is 23.6 Å². The van der Waals surface area contributed by atoms with Crippen LogP contribution in [0.2, 0.25) is 0 Å². The molecule has 0 spiro atoms. The highest BCUT2D eigenvalue weighted by molar-refractivity contribution is 14.0. The van der Waals surface area contributed by atoms with Crippen molar-refractivity contribution in [2.24, 2.45) is 10.9 Å². The van der Waals surface area contributed by atoms with E-state index in [1.807, 2.05) is 6.92 Å². The summed E-state index contributed by atoms with van der Waals surface area (Å²) in [6, 6.07) is 1.69. The van der Waals surface area contributed by atoms with Gasteiger partial charge in [0.1, 0.15) is 23.6 Å². The van der Waals surface area contributed by atoms with Crippen LogP contribution in [0.15, 0.2) is 15.5 Å². The SMILES string of the molecule is CCNC(=NCc1cc(C(=O)OC)c(C)o1)NCC1CC1.I. The van der Waals surface area contributed by atoms with Crippen LogP contribution in [-0.2, 0) is 11.3 Å². The molecular weight excluding hydrogens is 397 g/mol. The number of aryl methyl sites for hydroxylation is 1. The van der Waals surface area contributed by atoms with Crippen molar-refractivity contribution in [3.05, 3.63) is 23.2 Å². The Morgan fingerprint density at radius 2 is 2.18 bits per heavy atom. The van der Waals surface area contributed by atoms with Gasteiger partial charge in [-0.1, -0.05) is 0 Å². The summed E-state index contributed by atoms with van der Waals surface area (Å²) < 4.78 is 10.2. The topological polar surface area (TPSA) is 75.9 Å². The summed E-state index contributed by atoms with van der Waals surface area (Å²) in [5.74, 6) is 2.38. The van der Waals surface area contributed by atoms with Gasteiger partial charge >= 0.3 is 5.97 Å². The van der Waals surface area contributed by atoms with E-state index >= 15 is 0 Å². The van der Waals surface area contributed by atoms with Gasteiger partial charge in [-0.15, -0.1) is 24.0 Å². The molecule has 1 heterocycles. The molecule has 1 aromatic heterocycles. The highest BCUT2D eigenvalue weighted by Gasteiger charge is 2.21. The molecule has 0 amide bonds. The minimum atomic E-state index is -0.384. The van der Waals surface area contributed by atoms with Gasteiger partial charge in [0.25, 0.3) is 0 Å². The third kappa shape index (κ3) is 5.51. The van der Waals surface area contributed by atoms with Gasteiger partial charge in [0, 0.05) is 13.1 Å². The van der Waals surface area contributed by atoms with E-state index < -0.39 is 0 Å². The van der Waals surface area contributed by atoms with Crippen molar-refractivity contribution in [3.63, 3.8) is 0 Å². The standard InChI is InChI=1S/C15H23N3O3.HI/c1-4-16-15(17-8-11-5-6-11)18-9-12-7-13(10(2)21-12)14(19)20-3;/h7,11H,4-6,8-9H2,1-3H3,(H2,16,17,18);1H. The number of rotatable bonds is 6. The van der Waals surface area contributed by atoms with Crippen LogP contribution in [0.4, 0.5) is 0 Å². The Hall–Kier alpha value is -1.25. The number of furan rings is 1. The second-order valence-corrected chi connectivity index (χ2v) is 5.19. The fraction of sp³-hybridized carbons (Fsp3) is 0.600. The van der Waals surface area contributed by atoms with Gasteiger partial charge in [0.2, 0.25) is 0 Å². The van der Waals surface area contributed by atoms with E-state index in [9.17, 15) is 4.79 Å². The van der Waals surface area contributed by atoms with Crippen molar-refractivity contribution in [2.75, 3.05) is 20.2 Å². The number of esters is 1. The van der Waals surface area contributed by atoms with Gasteiger partial charge < -0.3 is 19.8 Å². The zero-order valence-electron chi connectivity index (χ0n) is 13.3. The molecule has 1 aliphatic carbocycles. The average molecular weight is 421 g/mol. The average Bonchev–Trinajstić information content (AvgIpc) is 3.23. The second-order valence-electron chi connectivity index (χ2n) is 5.19. The molecular formula is C15H24IN3O3. The van der Waals surface area contributed by atoms with E-state index in [0.717, 1.165) is 25.0 Å². The van der Waals surface area contributed by atoms with Gasteiger partial charge in [-0.05, 0) is 38.7 Å². The van der Waals surface area contributed by atoms with Crippen LogP contribution in [0, 0.1) is 12.8 Å². The zero-order chi connectivity index (χ0) is 15.2. The fourth-order valence-corrected chi connectivity index (χ4v) is 2.00. The highest BCUT2D eigenvalue weighted by atomic mass is 127. The molecule has 0 bridgehead atoms. The minimum absolute atomic E-state index is 0. The maximum Gasteiger partial charge on any atom is 0.341 e. The Bertz CT molecular complexity index is 524. The molecule has 0 aromatic carbocycles. The van der Waals surface area contributed by atoms with Crippen LogP contribution in [0.5, 0.6) is 0 Å². The van der Waals surface area contributed by atoms with Crippen LogP contribution in [0.3, 0.4) is 0 Å². The van der Waals surface area contributed by atoms with Crippen LogP contribution in [0.1, 0.15) is 41.6 Å². The lowest BCUT2D eigenvalue weighted by Crippen LogP contribution is -2.38. The van der Waals surface area contributed by atoms with Crippen LogP contribution in [0.25, 0.3) is 0 Å². The molecule has 0 atom stereocenters. The highest BCUT2D eigenvalue weighted by Crippen LogP contribution is 2.27. The number of nitrogens with one attached hydrogen (secondary N) is 2. The zero-order valence-corrected chi connectivity index (χ0v) is 15.6. The third-order valence-corrected chi connectivity index (χ3v) is 3.37. The van der Waals surface area contributed by atoms with E-state index in [4.69, 9.17) is 9.15 Å². The lowest BCUT2D eigenvalue weighted by Gasteiger charge is -2.10. The first-order valence-electron chi connectivity index (χ1n) is 7.33. The molecule has 0 aliphatic heterocycles. The molecule has 6 nitrogen and oxygen atoms in total. The number of hydrogen-bond donors (Lipinski definition) is 2. The van der Waals surface area contributed by atoms with E-state index in [1.165, 1.54) is 20.0 Å². The molecule has 2 N–H and O–H groups in total. The quantitative estimate of drug-likeness (QED) is 0.320. The van der Waals surface area contributed by atoms with E-state index in [-0.39, 0.29) is 29.9 Å². The summed E-state index contributed by atoms with van der Waals surface area (Å²) >= 11 is 0. The molecule has 1 fully saturated rings. The lowest BCUT2D eigenvalue weighted by molar-refractivity contribution is 0.0599. The number of methoxy groups -OCH3 is 1. The first-order chi connectivity index (χ1) is 10.1. The summed E-state index contributed by atoms with van der Waals surface area (Å²) in [4.78, 5) is 16.0. The molecule has 1 aliphatic rings. The number of halogens is 1. The monoisotopic (exact) mass is 421 g/mol. The molecule has 7 heteroatoms. The predicted molar refractivity (Wildman–Crippen MR) is 95.7 cm³/mol. The second kappa shape index (κ2) is 9.02. The number of carbonyl (C=O) groups is 1. The predicted octanol–water partition coefficient (Wildman–Crippen LogP) is 2.46. The molecule has 22 heavy (non-hydrogen) atoms. The van der Waals surface area contributed by atoms with Crippen molar-refractivity contribution < 1.29 is 13.9 Å². The largest absolute Gasteiger partial charge is 0.465 e. The Labute approximate surface area is 148 Å². The van der Waals surface area contributed by atoms with E-state index in [1.54, 1.807) is 13.0 Å². The van der Waals surface area contributed by atoms with Crippen molar-refractivity contribution >= 4 is 35.9 Å². The maximum absolute atomic E-state index is 11.5. The minimum Gasteiger partial charge on any atom is -0.465 e. The van der Waals surface area contributed by atoms with Crippen molar-refractivity contribution in [1.29, 1.82) is 0 Å². The Morgan fingerprint density at radius 1 is 1.45 bits per heavy atom. The number of aliphatic imine (C=N–C) groups is 1. The molecule has 1 aromatic rings. The number of hydrogen-bond acceptors (Lipinski definition) is 4. The Kier molecular flexibility index (Phi) is 7.70. The molecule has 0 radical (unpaired) electrons. The third-order valence-electron chi connectivity index (χ3n) is 3.37. The summed E-state index contributed by atoms with van der Waals surface area (Å²) in [6.45, 7) is 5.92. The maximum atomic E-state index is 11.5. The molecule has 0 unspecified atom stereocenters. The number of carbonyl (C=O) groups excluding carboxylic acids is 1. The molecule has 2 rings (SSSR count). The Balaban J connectivity index is 0.00000242. The first-order valence-corrected chi connectivity index (χ1v) is 7.33. The number of ether oxygens (including phenoxy) is 1. The summed E-state index contributed by atoms with van der Waals surface area (Å²) in [7, 11) is 1.36. The van der Waals surface area contributed by atoms with Crippen molar-refractivity contribution in [2.45, 2.75) is 33.2 Å². The molecule has 0 saturated heterocycles. The van der Waals surface area contributed by atoms with Crippen LogP contribution < -0.4 is 10.6 Å². The Morgan fingerprint density at radius 3 is 2.77 bits per heavy atom. The molecule has 124 valence electrons. The van der Waals surface area contributed by atoms with Crippen molar-refractivity contribution in [1.82, 2.24) is 10.6 Å². The van der Waals surface area contributed by atoms with Gasteiger partial charge in [-0.25, -0.2) is 9.79 Å². The van der Waals surface area contributed by atoms with Crippen molar-refractivity contribution in [3.8, 4) is 0 Å². The molecule has 1 saturated carbocycles. The smallest absolute Gasteiger partial charge is 0.341 e. The van der Waals surface area contributed by atoms with Gasteiger partial charge in [-0.3, -0.25) is 0 Å². The fourth-order valence-electron chi connectivity index (χ4n) is 2.00. The van der Waals surface area contributed by atoms with Gasteiger partial charge in [0.15, 0.2) is 5.96 Å². The first kappa shape index (κ1) is 18.8. The normalized spacial score (nSPS) is 14.2. The summed E-state index contributed by atoms with van der Waals surface area (Å²) in [6.07, 6.45) is 2.60. The van der Waals surface area contributed by atoms with E-state index in [2.05, 4.69) is 15.6 Å². The van der Waals surface area contributed by atoms with Crippen LogP contribution in [-0.4, -0.2) is 32.1 Å². The summed E-state index contributed by atoms with van der Waals surface area (Å²) in [5, 5.41) is 6.51. The summed E-state index contributed by atoms with van der Waals surface area (Å²) in [5.41, 5.74) is 0.457. The number of guanidine groups is 1. The van der Waals surface area contributed by atoms with Gasteiger partial charge in [0.05, 0.1) is 7.11 Å². The van der Waals surface area contributed by atoms with Gasteiger partial charge in [-0.2, -0.15) is 0 Å². The van der Waals surface area contributed by atoms with Crippen LogP contribution >= 0.6 is 24.0 Å². The lowest BCUT2D eigenvalue weighted by atomic mass is 10.2.